The van der Waals surface area contributed by atoms with Gasteiger partial charge in [-0.1, -0.05) is 17.7 Å². The average molecular weight is 231 g/mol. The number of carbonyl (C=O) groups excluding carboxylic acids is 1. The molecule has 1 aromatic carbocycles. The molecule has 0 aliphatic heterocycles. The minimum Gasteiger partial charge on any atom is -0.481 e. The van der Waals surface area contributed by atoms with Crippen molar-refractivity contribution in [3.63, 3.8) is 0 Å². The van der Waals surface area contributed by atoms with E-state index in [1.165, 1.54) is 12.1 Å². The van der Waals surface area contributed by atoms with Crippen molar-refractivity contribution in [1.29, 1.82) is 0 Å². The first kappa shape index (κ1) is 11.7. The molecular weight excluding hydrogens is 223 g/mol. The van der Waals surface area contributed by atoms with Gasteiger partial charge in [0.15, 0.2) is 5.78 Å². The van der Waals surface area contributed by atoms with Gasteiger partial charge in [0.25, 0.3) is 0 Å². The number of hydrogen-bond acceptors (Lipinski definition) is 2. The minimum absolute atomic E-state index is 0.00499. The minimum atomic E-state index is -1.10. The van der Waals surface area contributed by atoms with Gasteiger partial charge in [-0.2, -0.15) is 0 Å². The van der Waals surface area contributed by atoms with Crippen LogP contribution in [0.15, 0.2) is 18.2 Å². The highest BCUT2D eigenvalue weighted by atomic mass is 35.5. The maximum absolute atomic E-state index is 13.2. The van der Waals surface area contributed by atoms with Crippen molar-refractivity contribution in [2.24, 2.45) is 0 Å². The number of carboxylic acids is 1. The first-order valence-corrected chi connectivity index (χ1v) is 4.59. The van der Waals surface area contributed by atoms with E-state index < -0.39 is 17.6 Å². The van der Waals surface area contributed by atoms with Crippen molar-refractivity contribution in [1.82, 2.24) is 0 Å². The third-order valence-corrected chi connectivity index (χ3v) is 2.12. The Balaban J connectivity index is 2.86. The average Bonchev–Trinajstić information content (AvgIpc) is 2.14. The van der Waals surface area contributed by atoms with E-state index in [1.54, 1.807) is 0 Å². The van der Waals surface area contributed by atoms with Crippen LogP contribution in [0.4, 0.5) is 4.39 Å². The molecule has 0 atom stereocenters. The van der Waals surface area contributed by atoms with E-state index in [9.17, 15) is 14.0 Å². The van der Waals surface area contributed by atoms with Crippen molar-refractivity contribution in [3.05, 3.63) is 34.6 Å². The number of halogens is 2. The van der Waals surface area contributed by atoms with Gasteiger partial charge in [-0.3, -0.25) is 9.59 Å². The lowest BCUT2D eigenvalue weighted by atomic mass is 10.1. The summed E-state index contributed by atoms with van der Waals surface area (Å²) in [6.07, 6.45) is -0.584. The maximum Gasteiger partial charge on any atom is 0.303 e. The molecule has 80 valence electrons. The van der Waals surface area contributed by atoms with Gasteiger partial charge in [-0.15, -0.1) is 0 Å². The predicted molar refractivity (Wildman–Crippen MR) is 52.6 cm³/mol. The molecule has 0 fully saturated rings. The molecule has 0 radical (unpaired) electrons. The van der Waals surface area contributed by atoms with Crippen LogP contribution in [-0.2, 0) is 4.79 Å². The molecule has 15 heavy (non-hydrogen) atoms. The zero-order valence-electron chi connectivity index (χ0n) is 7.67. The van der Waals surface area contributed by atoms with Gasteiger partial charge in [-0.05, 0) is 12.1 Å². The Morgan fingerprint density at radius 2 is 2.00 bits per heavy atom. The zero-order chi connectivity index (χ0) is 11.4. The third kappa shape index (κ3) is 3.02. The smallest absolute Gasteiger partial charge is 0.303 e. The molecule has 1 N–H and O–H groups in total. The number of carboxylic acid groups (broad SMARTS) is 1. The van der Waals surface area contributed by atoms with Crippen LogP contribution in [0.25, 0.3) is 0 Å². The highest BCUT2D eigenvalue weighted by molar-refractivity contribution is 6.34. The van der Waals surface area contributed by atoms with Gasteiger partial charge in [0, 0.05) is 6.42 Å². The van der Waals surface area contributed by atoms with Crippen LogP contribution in [0, 0.1) is 5.82 Å². The third-order valence-electron chi connectivity index (χ3n) is 1.81. The largest absolute Gasteiger partial charge is 0.481 e. The summed E-state index contributed by atoms with van der Waals surface area (Å²) in [5.41, 5.74) is -0.236. The molecule has 0 amide bonds. The normalized spacial score (nSPS) is 10.0. The Bertz CT molecular complexity index is 383. The SMILES string of the molecule is O=C(O)CCC(=O)c1c(F)cccc1Cl. The second-order valence-corrected chi connectivity index (χ2v) is 3.32. The Labute approximate surface area is 90.5 Å². The molecule has 0 saturated carbocycles. The number of hydrogen-bond donors (Lipinski definition) is 1. The van der Waals surface area contributed by atoms with Gasteiger partial charge in [0.2, 0.25) is 0 Å². The van der Waals surface area contributed by atoms with Crippen molar-refractivity contribution in [2.75, 3.05) is 0 Å². The fraction of sp³-hybridized carbons (Fsp3) is 0.200. The lowest BCUT2D eigenvalue weighted by molar-refractivity contribution is -0.136. The summed E-state index contributed by atoms with van der Waals surface area (Å²) >= 11 is 5.63. The Morgan fingerprint density at radius 3 is 2.53 bits per heavy atom. The van der Waals surface area contributed by atoms with Crippen molar-refractivity contribution >= 4 is 23.4 Å². The predicted octanol–water partition coefficient (Wildman–Crippen LogP) is 2.53. The monoisotopic (exact) mass is 230 g/mol. The van der Waals surface area contributed by atoms with Crippen LogP contribution < -0.4 is 0 Å². The summed E-state index contributed by atoms with van der Waals surface area (Å²) in [5.74, 6) is -2.42. The Morgan fingerprint density at radius 1 is 1.33 bits per heavy atom. The van der Waals surface area contributed by atoms with Gasteiger partial charge in [0.05, 0.1) is 17.0 Å². The molecule has 0 aliphatic rings. The first-order chi connectivity index (χ1) is 7.02. The van der Waals surface area contributed by atoms with Crippen molar-refractivity contribution in [3.8, 4) is 0 Å². The molecule has 0 aliphatic carbocycles. The quantitative estimate of drug-likeness (QED) is 0.809. The number of Topliss-reactive ketones (excluding diaryl/α,β-unsaturated/α-hetero) is 1. The zero-order valence-corrected chi connectivity index (χ0v) is 8.42. The van der Waals surface area contributed by atoms with E-state index in [1.807, 2.05) is 0 Å². The molecule has 1 rings (SSSR count). The maximum atomic E-state index is 13.2. The summed E-state index contributed by atoms with van der Waals surface area (Å²) in [5, 5.41) is 8.37. The van der Waals surface area contributed by atoms with Gasteiger partial charge in [0.1, 0.15) is 5.82 Å². The molecular formula is C10H8ClFO3. The lowest BCUT2D eigenvalue weighted by Crippen LogP contribution is -2.06. The van der Waals surface area contributed by atoms with E-state index in [0.717, 1.165) is 6.07 Å². The number of benzene rings is 1. The second kappa shape index (κ2) is 4.89. The van der Waals surface area contributed by atoms with Crippen LogP contribution in [0.1, 0.15) is 23.2 Å². The molecule has 0 heterocycles. The summed E-state index contributed by atoms with van der Waals surface area (Å²) in [7, 11) is 0. The summed E-state index contributed by atoms with van der Waals surface area (Å²) < 4.78 is 13.2. The fourth-order valence-corrected chi connectivity index (χ4v) is 1.38. The summed E-state index contributed by atoms with van der Waals surface area (Å²) in [6.45, 7) is 0. The molecule has 0 unspecified atom stereocenters. The van der Waals surface area contributed by atoms with Crippen molar-refractivity contribution < 1.29 is 19.1 Å². The fourth-order valence-electron chi connectivity index (χ4n) is 1.11. The molecule has 1 aromatic rings. The molecule has 0 saturated heterocycles. The molecule has 0 aromatic heterocycles. The summed E-state index contributed by atoms with van der Waals surface area (Å²) in [4.78, 5) is 21.6. The van der Waals surface area contributed by atoms with E-state index in [2.05, 4.69) is 0 Å². The van der Waals surface area contributed by atoms with Crippen LogP contribution in [0.3, 0.4) is 0 Å². The summed E-state index contributed by atoms with van der Waals surface area (Å²) in [6, 6.07) is 3.88. The standard InChI is InChI=1S/C10H8ClFO3/c11-6-2-1-3-7(12)10(6)8(13)4-5-9(14)15/h1-3H,4-5H2,(H,14,15). The molecule has 0 bridgehead atoms. The van der Waals surface area contributed by atoms with Gasteiger partial charge >= 0.3 is 5.97 Å². The number of carbonyl (C=O) groups is 2. The first-order valence-electron chi connectivity index (χ1n) is 4.21. The van der Waals surface area contributed by atoms with Gasteiger partial charge in [-0.25, -0.2) is 4.39 Å². The van der Waals surface area contributed by atoms with Gasteiger partial charge < -0.3 is 5.11 Å². The van der Waals surface area contributed by atoms with Crippen LogP contribution in [0.2, 0.25) is 5.02 Å². The van der Waals surface area contributed by atoms with E-state index in [0.29, 0.717) is 0 Å². The second-order valence-electron chi connectivity index (χ2n) is 2.91. The van der Waals surface area contributed by atoms with Crippen LogP contribution in [0.5, 0.6) is 0 Å². The number of ketones is 1. The van der Waals surface area contributed by atoms with Crippen molar-refractivity contribution in [2.45, 2.75) is 12.8 Å². The molecule has 5 heteroatoms. The number of aliphatic carboxylic acids is 1. The number of rotatable bonds is 4. The molecule has 3 nitrogen and oxygen atoms in total. The topological polar surface area (TPSA) is 54.4 Å². The highest BCUT2D eigenvalue weighted by Crippen LogP contribution is 2.20. The van der Waals surface area contributed by atoms with Crippen LogP contribution in [-0.4, -0.2) is 16.9 Å². The Hall–Kier alpha value is -1.42. The van der Waals surface area contributed by atoms with E-state index in [-0.39, 0.29) is 23.4 Å². The van der Waals surface area contributed by atoms with E-state index in [4.69, 9.17) is 16.7 Å². The Kier molecular flexibility index (Phi) is 3.80. The van der Waals surface area contributed by atoms with Crippen LogP contribution >= 0.6 is 11.6 Å². The molecule has 0 spiro atoms. The van der Waals surface area contributed by atoms with E-state index >= 15 is 0 Å². The highest BCUT2D eigenvalue weighted by Gasteiger charge is 2.16. The lowest BCUT2D eigenvalue weighted by Gasteiger charge is -2.03.